The first-order valence-electron chi connectivity index (χ1n) is 5.20. The van der Waals surface area contributed by atoms with Gasteiger partial charge in [-0.25, -0.2) is 0 Å². The van der Waals surface area contributed by atoms with Crippen molar-refractivity contribution in [1.29, 1.82) is 0 Å². The van der Waals surface area contributed by atoms with Crippen LogP contribution in [0.25, 0.3) is 0 Å². The summed E-state index contributed by atoms with van der Waals surface area (Å²) in [6.45, 7) is 4.06. The Balaban J connectivity index is 2.66. The van der Waals surface area contributed by atoms with Gasteiger partial charge in [-0.1, -0.05) is 12.1 Å². The SMILES string of the molecule is CCC(CC(N)=NO)Sc1cc(C)nn1C. The van der Waals surface area contributed by atoms with E-state index in [1.807, 2.05) is 24.7 Å². The van der Waals surface area contributed by atoms with Crippen LogP contribution in [0.15, 0.2) is 16.2 Å². The summed E-state index contributed by atoms with van der Waals surface area (Å²) >= 11 is 1.71. The first-order valence-corrected chi connectivity index (χ1v) is 6.08. The largest absolute Gasteiger partial charge is 0.409 e. The average molecular weight is 242 g/mol. The summed E-state index contributed by atoms with van der Waals surface area (Å²) in [5, 5.41) is 17.2. The Morgan fingerprint density at radius 3 is 2.88 bits per heavy atom. The van der Waals surface area contributed by atoms with Crippen LogP contribution < -0.4 is 5.73 Å². The second-order valence-corrected chi connectivity index (χ2v) is 5.01. The number of hydrogen-bond acceptors (Lipinski definition) is 4. The molecule has 1 heterocycles. The minimum absolute atomic E-state index is 0.276. The fraction of sp³-hybridized carbons (Fsp3) is 0.600. The maximum Gasteiger partial charge on any atom is 0.140 e. The standard InChI is InChI=1S/C10H18N4OS/c1-4-8(6-9(11)13-15)16-10-5-7(2)12-14(10)3/h5,8,15H,4,6H2,1-3H3,(H2,11,13). The molecule has 0 spiro atoms. The normalized spacial score (nSPS) is 14.1. The van der Waals surface area contributed by atoms with Crippen molar-refractivity contribution in [3.05, 3.63) is 11.8 Å². The van der Waals surface area contributed by atoms with Gasteiger partial charge in [0, 0.05) is 18.7 Å². The Morgan fingerprint density at radius 1 is 1.75 bits per heavy atom. The lowest BCUT2D eigenvalue weighted by atomic mass is 10.2. The van der Waals surface area contributed by atoms with Gasteiger partial charge in [0.25, 0.3) is 0 Å². The third-order valence-corrected chi connectivity index (χ3v) is 3.72. The Labute approximate surface area is 99.7 Å². The zero-order chi connectivity index (χ0) is 12.1. The van der Waals surface area contributed by atoms with E-state index in [4.69, 9.17) is 10.9 Å². The van der Waals surface area contributed by atoms with Crippen molar-refractivity contribution >= 4 is 17.6 Å². The molecule has 1 rings (SSSR count). The molecule has 0 aromatic carbocycles. The van der Waals surface area contributed by atoms with Crippen LogP contribution in [-0.2, 0) is 7.05 Å². The maximum atomic E-state index is 8.54. The van der Waals surface area contributed by atoms with Crippen molar-refractivity contribution in [2.24, 2.45) is 17.9 Å². The summed E-state index contributed by atoms with van der Waals surface area (Å²) in [6.07, 6.45) is 1.55. The third-order valence-electron chi connectivity index (χ3n) is 2.27. The number of amidine groups is 1. The number of nitrogens with two attached hydrogens (primary N) is 1. The van der Waals surface area contributed by atoms with Gasteiger partial charge in [-0.2, -0.15) is 5.10 Å². The zero-order valence-electron chi connectivity index (χ0n) is 9.84. The van der Waals surface area contributed by atoms with E-state index in [-0.39, 0.29) is 5.84 Å². The second-order valence-electron chi connectivity index (χ2n) is 3.69. The first-order chi connectivity index (χ1) is 7.56. The lowest BCUT2D eigenvalue weighted by Crippen LogP contribution is -2.18. The van der Waals surface area contributed by atoms with Gasteiger partial charge in [-0.05, 0) is 19.4 Å². The van der Waals surface area contributed by atoms with Crippen molar-refractivity contribution < 1.29 is 5.21 Å². The minimum Gasteiger partial charge on any atom is -0.409 e. The number of aryl methyl sites for hydroxylation is 2. The molecule has 5 nitrogen and oxygen atoms in total. The molecule has 90 valence electrons. The predicted octanol–water partition coefficient (Wildman–Crippen LogP) is 1.74. The van der Waals surface area contributed by atoms with Gasteiger partial charge in [-0.15, -0.1) is 11.8 Å². The summed E-state index contributed by atoms with van der Waals surface area (Å²) in [5.41, 5.74) is 6.51. The number of rotatable bonds is 5. The molecule has 1 unspecified atom stereocenters. The molecule has 0 amide bonds. The highest BCUT2D eigenvalue weighted by Gasteiger charge is 2.13. The molecule has 0 aliphatic rings. The van der Waals surface area contributed by atoms with Gasteiger partial charge < -0.3 is 10.9 Å². The molecule has 1 aromatic rings. The van der Waals surface area contributed by atoms with Crippen molar-refractivity contribution in [2.45, 2.75) is 37.0 Å². The van der Waals surface area contributed by atoms with E-state index in [0.29, 0.717) is 11.7 Å². The smallest absolute Gasteiger partial charge is 0.140 e. The van der Waals surface area contributed by atoms with Crippen LogP contribution in [0.3, 0.4) is 0 Å². The topological polar surface area (TPSA) is 76.4 Å². The molecule has 1 atom stereocenters. The maximum absolute atomic E-state index is 8.54. The average Bonchev–Trinajstić information content (AvgIpc) is 2.56. The molecule has 0 radical (unpaired) electrons. The quantitative estimate of drug-likeness (QED) is 0.271. The molecule has 0 aliphatic heterocycles. The highest BCUT2D eigenvalue weighted by Crippen LogP contribution is 2.27. The summed E-state index contributed by atoms with van der Waals surface area (Å²) in [7, 11) is 1.92. The van der Waals surface area contributed by atoms with Crippen LogP contribution in [-0.4, -0.2) is 26.1 Å². The molecule has 0 saturated carbocycles. The Morgan fingerprint density at radius 2 is 2.44 bits per heavy atom. The van der Waals surface area contributed by atoms with Gasteiger partial charge >= 0.3 is 0 Å². The lowest BCUT2D eigenvalue weighted by Gasteiger charge is -2.13. The molecule has 0 bridgehead atoms. The van der Waals surface area contributed by atoms with Crippen molar-refractivity contribution in [2.75, 3.05) is 0 Å². The highest BCUT2D eigenvalue weighted by molar-refractivity contribution is 7.99. The minimum atomic E-state index is 0.276. The van der Waals surface area contributed by atoms with Crippen molar-refractivity contribution in [3.8, 4) is 0 Å². The molecule has 6 heteroatoms. The predicted molar refractivity (Wildman–Crippen MR) is 65.9 cm³/mol. The van der Waals surface area contributed by atoms with E-state index in [0.717, 1.165) is 17.1 Å². The Kier molecular flexibility index (Phi) is 4.67. The number of oxime groups is 1. The molecule has 0 fully saturated rings. The van der Waals surface area contributed by atoms with Crippen LogP contribution in [0.4, 0.5) is 0 Å². The van der Waals surface area contributed by atoms with Crippen molar-refractivity contribution in [3.63, 3.8) is 0 Å². The molecule has 1 aromatic heterocycles. The zero-order valence-corrected chi connectivity index (χ0v) is 10.7. The van der Waals surface area contributed by atoms with Gasteiger partial charge in [0.1, 0.15) is 5.84 Å². The molecule has 3 N–H and O–H groups in total. The van der Waals surface area contributed by atoms with Gasteiger partial charge in [0.05, 0.1) is 10.7 Å². The van der Waals surface area contributed by atoms with E-state index in [9.17, 15) is 0 Å². The summed E-state index contributed by atoms with van der Waals surface area (Å²) in [5.74, 6) is 0.276. The van der Waals surface area contributed by atoms with Gasteiger partial charge in [0.2, 0.25) is 0 Å². The fourth-order valence-electron chi connectivity index (χ4n) is 1.41. The van der Waals surface area contributed by atoms with Gasteiger partial charge in [0.15, 0.2) is 0 Å². The van der Waals surface area contributed by atoms with E-state index >= 15 is 0 Å². The van der Waals surface area contributed by atoms with E-state index in [2.05, 4.69) is 17.2 Å². The second kappa shape index (κ2) is 5.79. The van der Waals surface area contributed by atoms with Crippen LogP contribution in [0.2, 0.25) is 0 Å². The Bertz CT molecular complexity index is 375. The first kappa shape index (κ1) is 12.9. The number of nitrogens with zero attached hydrogens (tertiary/aromatic N) is 3. The third kappa shape index (κ3) is 3.44. The van der Waals surface area contributed by atoms with E-state index in [1.165, 1.54) is 0 Å². The van der Waals surface area contributed by atoms with E-state index in [1.54, 1.807) is 11.8 Å². The van der Waals surface area contributed by atoms with Gasteiger partial charge in [-0.3, -0.25) is 4.68 Å². The summed E-state index contributed by atoms with van der Waals surface area (Å²) in [6, 6.07) is 2.04. The molecular formula is C10H18N4OS. The van der Waals surface area contributed by atoms with Crippen LogP contribution in [0, 0.1) is 6.92 Å². The number of hydrogen-bond donors (Lipinski definition) is 2. The van der Waals surface area contributed by atoms with E-state index < -0.39 is 0 Å². The van der Waals surface area contributed by atoms with Crippen molar-refractivity contribution in [1.82, 2.24) is 9.78 Å². The monoisotopic (exact) mass is 242 g/mol. The van der Waals surface area contributed by atoms with Crippen LogP contribution >= 0.6 is 11.8 Å². The number of aromatic nitrogens is 2. The molecule has 0 saturated heterocycles. The Hall–Kier alpha value is -1.17. The van der Waals surface area contributed by atoms with Crippen LogP contribution in [0.5, 0.6) is 0 Å². The molecule has 16 heavy (non-hydrogen) atoms. The number of thioether (sulfide) groups is 1. The summed E-state index contributed by atoms with van der Waals surface area (Å²) < 4.78 is 1.86. The molecule has 0 aliphatic carbocycles. The van der Waals surface area contributed by atoms with Crippen LogP contribution in [0.1, 0.15) is 25.5 Å². The summed E-state index contributed by atoms with van der Waals surface area (Å²) in [4.78, 5) is 0. The fourth-order valence-corrected chi connectivity index (χ4v) is 2.61. The lowest BCUT2D eigenvalue weighted by molar-refractivity contribution is 0.316. The molecular weight excluding hydrogens is 224 g/mol. The highest BCUT2D eigenvalue weighted by atomic mass is 32.2.